The van der Waals surface area contributed by atoms with Gasteiger partial charge >= 0.3 is 11.9 Å². The molecule has 0 aromatic heterocycles. The first-order valence-electron chi connectivity index (χ1n) is 5.43. The summed E-state index contributed by atoms with van der Waals surface area (Å²) in [6.45, 7) is 3.89. The van der Waals surface area contributed by atoms with Crippen LogP contribution >= 0.6 is 0 Å². The number of hydrogen-bond donors (Lipinski definition) is 2. The van der Waals surface area contributed by atoms with E-state index in [1.165, 1.54) is 0 Å². The highest BCUT2D eigenvalue weighted by atomic mass is 16.4. The van der Waals surface area contributed by atoms with E-state index in [0.717, 1.165) is 12.8 Å². The molecule has 0 aromatic carbocycles. The van der Waals surface area contributed by atoms with Gasteiger partial charge in [-0.15, -0.1) is 0 Å². The topological polar surface area (TPSA) is 74.6 Å². The largest absolute Gasteiger partial charge is 0.481 e. The van der Waals surface area contributed by atoms with Crippen LogP contribution in [0, 0.1) is 11.8 Å². The molecular formula is C11H20O4. The molecule has 0 aliphatic heterocycles. The van der Waals surface area contributed by atoms with Gasteiger partial charge in [-0.2, -0.15) is 0 Å². The minimum Gasteiger partial charge on any atom is -0.481 e. The van der Waals surface area contributed by atoms with Gasteiger partial charge < -0.3 is 10.2 Å². The molecule has 0 aromatic rings. The van der Waals surface area contributed by atoms with Gasteiger partial charge in [0.05, 0.1) is 0 Å². The Morgan fingerprint density at radius 1 is 0.933 bits per heavy atom. The van der Waals surface area contributed by atoms with Crippen LogP contribution in [0.2, 0.25) is 0 Å². The van der Waals surface area contributed by atoms with Crippen LogP contribution in [0.4, 0.5) is 0 Å². The summed E-state index contributed by atoms with van der Waals surface area (Å²) in [5.74, 6) is -1.39. The van der Waals surface area contributed by atoms with Crippen LogP contribution in [0.25, 0.3) is 0 Å². The third-order valence-corrected chi connectivity index (χ3v) is 2.75. The molecule has 0 heterocycles. The van der Waals surface area contributed by atoms with Gasteiger partial charge in [-0.1, -0.05) is 26.7 Å². The van der Waals surface area contributed by atoms with Gasteiger partial charge in [0.15, 0.2) is 0 Å². The summed E-state index contributed by atoms with van der Waals surface area (Å²) >= 11 is 0. The fourth-order valence-corrected chi connectivity index (χ4v) is 1.75. The van der Waals surface area contributed by atoms with Crippen LogP contribution in [0.1, 0.15) is 46.0 Å². The van der Waals surface area contributed by atoms with Gasteiger partial charge in [0, 0.05) is 12.8 Å². The SMILES string of the molecule is CCC(CC(=O)O)CC(CC)CC(=O)O. The summed E-state index contributed by atoms with van der Waals surface area (Å²) in [5.41, 5.74) is 0. The highest BCUT2D eigenvalue weighted by Gasteiger charge is 2.18. The molecule has 0 fully saturated rings. The van der Waals surface area contributed by atoms with Crippen LogP contribution < -0.4 is 0 Å². The zero-order valence-corrected chi connectivity index (χ0v) is 9.40. The highest BCUT2D eigenvalue weighted by molar-refractivity contribution is 5.67. The first-order valence-corrected chi connectivity index (χ1v) is 5.43. The molecule has 0 rings (SSSR count). The summed E-state index contributed by atoms with van der Waals surface area (Å²) < 4.78 is 0. The maximum atomic E-state index is 10.5. The van der Waals surface area contributed by atoms with Crippen molar-refractivity contribution in [3.63, 3.8) is 0 Å². The van der Waals surface area contributed by atoms with Gasteiger partial charge in [0.2, 0.25) is 0 Å². The van der Waals surface area contributed by atoms with Gasteiger partial charge in [0.1, 0.15) is 0 Å². The lowest BCUT2D eigenvalue weighted by molar-refractivity contribution is -0.138. The maximum absolute atomic E-state index is 10.5. The average molecular weight is 216 g/mol. The van der Waals surface area contributed by atoms with E-state index in [-0.39, 0.29) is 24.7 Å². The van der Waals surface area contributed by atoms with Crippen molar-refractivity contribution >= 4 is 11.9 Å². The van der Waals surface area contributed by atoms with E-state index in [9.17, 15) is 9.59 Å². The first kappa shape index (κ1) is 13.9. The second-order valence-corrected chi connectivity index (χ2v) is 3.98. The van der Waals surface area contributed by atoms with E-state index in [2.05, 4.69) is 0 Å². The van der Waals surface area contributed by atoms with Gasteiger partial charge in [0.25, 0.3) is 0 Å². The number of carboxylic acids is 2. The Balaban J connectivity index is 4.10. The van der Waals surface area contributed by atoms with Gasteiger partial charge in [-0.05, 0) is 18.3 Å². The average Bonchev–Trinajstić information content (AvgIpc) is 2.14. The third-order valence-electron chi connectivity index (χ3n) is 2.75. The van der Waals surface area contributed by atoms with Crippen LogP contribution in [-0.4, -0.2) is 22.2 Å². The second-order valence-electron chi connectivity index (χ2n) is 3.98. The Morgan fingerprint density at radius 3 is 1.47 bits per heavy atom. The van der Waals surface area contributed by atoms with E-state index >= 15 is 0 Å². The number of rotatable bonds is 8. The zero-order valence-electron chi connectivity index (χ0n) is 9.40. The van der Waals surface area contributed by atoms with Gasteiger partial charge in [-0.25, -0.2) is 0 Å². The predicted molar refractivity (Wildman–Crippen MR) is 56.7 cm³/mol. The number of carbonyl (C=O) groups is 2. The van der Waals surface area contributed by atoms with Crippen molar-refractivity contribution in [2.75, 3.05) is 0 Å². The van der Waals surface area contributed by atoms with Crippen molar-refractivity contribution in [2.24, 2.45) is 11.8 Å². The summed E-state index contributed by atoms with van der Waals surface area (Å²) in [6.07, 6.45) is 2.58. The summed E-state index contributed by atoms with van der Waals surface area (Å²) in [7, 11) is 0. The van der Waals surface area contributed by atoms with E-state index in [0.29, 0.717) is 6.42 Å². The monoisotopic (exact) mass is 216 g/mol. The van der Waals surface area contributed by atoms with Crippen LogP contribution in [0.15, 0.2) is 0 Å². The summed E-state index contributed by atoms with van der Waals surface area (Å²) in [5, 5.41) is 17.3. The molecular weight excluding hydrogens is 196 g/mol. The van der Waals surface area contributed by atoms with Crippen molar-refractivity contribution in [1.82, 2.24) is 0 Å². The smallest absolute Gasteiger partial charge is 0.303 e. The molecule has 0 radical (unpaired) electrons. The fourth-order valence-electron chi connectivity index (χ4n) is 1.75. The first-order chi connectivity index (χ1) is 6.99. The Hall–Kier alpha value is -1.06. The number of aliphatic carboxylic acids is 2. The lowest BCUT2D eigenvalue weighted by Crippen LogP contribution is -2.14. The van der Waals surface area contributed by atoms with E-state index in [1.54, 1.807) is 0 Å². The molecule has 0 bridgehead atoms. The molecule has 2 N–H and O–H groups in total. The van der Waals surface area contributed by atoms with Gasteiger partial charge in [-0.3, -0.25) is 9.59 Å². The number of hydrogen-bond acceptors (Lipinski definition) is 2. The molecule has 0 saturated carbocycles. The van der Waals surface area contributed by atoms with Crippen molar-refractivity contribution in [3.05, 3.63) is 0 Å². The Bertz CT molecular complexity index is 191. The summed E-state index contributed by atoms with van der Waals surface area (Å²) in [4.78, 5) is 21.1. The van der Waals surface area contributed by atoms with E-state index in [4.69, 9.17) is 10.2 Å². The van der Waals surface area contributed by atoms with E-state index < -0.39 is 11.9 Å². The van der Waals surface area contributed by atoms with Crippen LogP contribution in [-0.2, 0) is 9.59 Å². The molecule has 2 atom stereocenters. The fraction of sp³-hybridized carbons (Fsp3) is 0.818. The standard InChI is InChI=1S/C11H20O4/c1-3-8(6-10(12)13)5-9(4-2)7-11(14)15/h8-9H,3-7H2,1-2H3,(H,12,13)(H,14,15). The van der Waals surface area contributed by atoms with Crippen LogP contribution in [0.5, 0.6) is 0 Å². The van der Waals surface area contributed by atoms with Crippen molar-refractivity contribution < 1.29 is 19.8 Å². The Labute approximate surface area is 90.3 Å². The normalized spacial score (nSPS) is 14.5. The lowest BCUT2D eigenvalue weighted by Gasteiger charge is -2.18. The second kappa shape index (κ2) is 7.26. The molecule has 4 heteroatoms. The van der Waals surface area contributed by atoms with Crippen LogP contribution in [0.3, 0.4) is 0 Å². The van der Waals surface area contributed by atoms with Crippen molar-refractivity contribution in [3.8, 4) is 0 Å². The molecule has 2 unspecified atom stereocenters. The molecule has 0 aliphatic rings. The van der Waals surface area contributed by atoms with Crippen molar-refractivity contribution in [2.45, 2.75) is 46.0 Å². The quantitative estimate of drug-likeness (QED) is 0.653. The molecule has 88 valence electrons. The zero-order chi connectivity index (χ0) is 11.8. The molecule has 0 spiro atoms. The highest BCUT2D eigenvalue weighted by Crippen LogP contribution is 2.23. The predicted octanol–water partition coefficient (Wildman–Crippen LogP) is 2.38. The maximum Gasteiger partial charge on any atom is 0.303 e. The Morgan fingerprint density at radius 2 is 1.27 bits per heavy atom. The minimum atomic E-state index is -0.799. The molecule has 0 saturated heterocycles. The minimum absolute atomic E-state index is 0.104. The number of carboxylic acid groups (broad SMARTS) is 2. The molecule has 4 nitrogen and oxygen atoms in total. The molecule has 15 heavy (non-hydrogen) atoms. The summed E-state index contributed by atoms with van der Waals surface area (Å²) in [6, 6.07) is 0. The third kappa shape index (κ3) is 6.94. The molecule has 0 amide bonds. The van der Waals surface area contributed by atoms with Crippen molar-refractivity contribution in [1.29, 1.82) is 0 Å². The lowest BCUT2D eigenvalue weighted by atomic mass is 9.87. The van der Waals surface area contributed by atoms with E-state index in [1.807, 2.05) is 13.8 Å². The molecule has 0 aliphatic carbocycles. The Kier molecular flexibility index (Phi) is 6.75.